The summed E-state index contributed by atoms with van der Waals surface area (Å²) in [5.41, 5.74) is 1.32. The van der Waals surface area contributed by atoms with Crippen LogP contribution in [-0.2, 0) is 4.74 Å². The topological polar surface area (TPSA) is 30.5 Å². The first-order chi connectivity index (χ1) is 9.29. The van der Waals surface area contributed by atoms with Gasteiger partial charge >= 0.3 is 0 Å². The normalized spacial score (nSPS) is 12.4. The Hall–Kier alpha value is -1.06. The molecule has 3 heteroatoms. The van der Waals surface area contributed by atoms with Gasteiger partial charge in [0.15, 0.2) is 0 Å². The minimum absolute atomic E-state index is 0.552. The number of nitrogens with one attached hydrogen (secondary N) is 1. The van der Waals surface area contributed by atoms with Gasteiger partial charge in [-0.3, -0.25) is 0 Å². The van der Waals surface area contributed by atoms with E-state index in [1.165, 1.54) is 5.56 Å². The molecule has 0 fully saturated rings. The molecule has 0 unspecified atom stereocenters. The summed E-state index contributed by atoms with van der Waals surface area (Å²) in [6, 6.07) is 8.36. The minimum Gasteiger partial charge on any atom is -0.493 e. The Morgan fingerprint density at radius 1 is 1.16 bits per heavy atom. The highest BCUT2D eigenvalue weighted by Gasteiger charge is 2.08. The molecule has 0 aliphatic heterocycles. The maximum absolute atomic E-state index is 5.90. The second-order valence-corrected chi connectivity index (χ2v) is 4.79. The Kier molecular flexibility index (Phi) is 8.26. The third kappa shape index (κ3) is 6.08. The van der Waals surface area contributed by atoms with Gasteiger partial charge in [0.2, 0.25) is 0 Å². The van der Waals surface area contributed by atoms with Crippen LogP contribution in [0.1, 0.15) is 38.2 Å². The summed E-state index contributed by atoms with van der Waals surface area (Å²) >= 11 is 0. The lowest BCUT2D eigenvalue weighted by atomic mass is 9.98. The van der Waals surface area contributed by atoms with Crippen LogP contribution in [-0.4, -0.2) is 33.4 Å². The maximum atomic E-state index is 5.90. The molecule has 0 bridgehead atoms. The van der Waals surface area contributed by atoms with Crippen LogP contribution in [0.25, 0.3) is 0 Å². The van der Waals surface area contributed by atoms with Crippen LogP contribution in [0.5, 0.6) is 5.75 Å². The van der Waals surface area contributed by atoms with Crippen molar-refractivity contribution in [2.24, 2.45) is 0 Å². The fourth-order valence-electron chi connectivity index (χ4n) is 1.92. The van der Waals surface area contributed by atoms with Gasteiger partial charge in [0.05, 0.1) is 13.2 Å². The summed E-state index contributed by atoms with van der Waals surface area (Å²) < 4.78 is 10.9. The van der Waals surface area contributed by atoms with Crippen molar-refractivity contribution in [3.05, 3.63) is 29.8 Å². The molecule has 0 spiro atoms. The van der Waals surface area contributed by atoms with E-state index < -0.39 is 0 Å². The van der Waals surface area contributed by atoms with Crippen molar-refractivity contribution in [1.29, 1.82) is 0 Å². The van der Waals surface area contributed by atoms with Gasteiger partial charge in [-0.25, -0.2) is 0 Å². The quantitative estimate of drug-likeness (QED) is 0.659. The average molecular weight is 265 g/mol. The van der Waals surface area contributed by atoms with Crippen LogP contribution < -0.4 is 10.1 Å². The van der Waals surface area contributed by atoms with E-state index in [2.05, 4.69) is 37.4 Å². The Balaban J connectivity index is 2.29. The molecule has 0 heterocycles. The molecule has 19 heavy (non-hydrogen) atoms. The van der Waals surface area contributed by atoms with Crippen LogP contribution in [0, 0.1) is 0 Å². The molecule has 0 aliphatic rings. The molecule has 1 N–H and O–H groups in total. The molecule has 1 atom stereocenters. The van der Waals surface area contributed by atoms with Gasteiger partial charge in [-0.05, 0) is 36.9 Å². The largest absolute Gasteiger partial charge is 0.493 e. The number of benzene rings is 1. The zero-order valence-electron chi connectivity index (χ0n) is 12.4. The summed E-state index contributed by atoms with van der Waals surface area (Å²) in [6.45, 7) is 7.84. The molecular formula is C16H27NO2. The summed E-state index contributed by atoms with van der Waals surface area (Å²) in [4.78, 5) is 0. The first kappa shape index (κ1) is 16.0. The standard InChI is InChI=1S/C16H27NO2/c1-4-14(2)15-8-5-6-9-16(15)19-12-7-10-17-11-13-18-3/h5-6,8-9,14,17H,4,7,10-13H2,1-3H3/t14-/m0/s1. The number of rotatable bonds is 10. The van der Waals surface area contributed by atoms with Gasteiger partial charge in [-0.1, -0.05) is 32.0 Å². The number of ether oxygens (including phenoxy) is 2. The molecule has 1 rings (SSSR count). The zero-order chi connectivity index (χ0) is 13.9. The summed E-state index contributed by atoms with van der Waals surface area (Å²) in [5, 5.41) is 3.32. The van der Waals surface area contributed by atoms with E-state index in [-0.39, 0.29) is 0 Å². The molecule has 3 nitrogen and oxygen atoms in total. The van der Waals surface area contributed by atoms with Crippen molar-refractivity contribution in [3.8, 4) is 5.75 Å². The van der Waals surface area contributed by atoms with E-state index in [0.717, 1.165) is 44.9 Å². The molecule has 0 saturated heterocycles. The third-order valence-electron chi connectivity index (χ3n) is 3.30. The smallest absolute Gasteiger partial charge is 0.122 e. The highest BCUT2D eigenvalue weighted by molar-refractivity contribution is 5.35. The average Bonchev–Trinajstić information content (AvgIpc) is 2.46. The van der Waals surface area contributed by atoms with Crippen molar-refractivity contribution in [1.82, 2.24) is 5.32 Å². The lowest BCUT2D eigenvalue weighted by Gasteiger charge is -2.15. The molecule has 108 valence electrons. The summed E-state index contributed by atoms with van der Waals surface area (Å²) in [7, 11) is 1.72. The predicted octanol–water partition coefficient (Wildman–Crippen LogP) is 3.21. The number of methoxy groups -OCH3 is 1. The summed E-state index contributed by atoms with van der Waals surface area (Å²) in [5.74, 6) is 1.59. The molecule has 0 aliphatic carbocycles. The maximum Gasteiger partial charge on any atom is 0.122 e. The number of hydrogen-bond donors (Lipinski definition) is 1. The van der Waals surface area contributed by atoms with E-state index in [1.807, 2.05) is 6.07 Å². The number of para-hydroxylation sites is 1. The van der Waals surface area contributed by atoms with E-state index >= 15 is 0 Å². The molecule has 1 aromatic rings. The minimum atomic E-state index is 0.552. The molecular weight excluding hydrogens is 238 g/mol. The lowest BCUT2D eigenvalue weighted by Crippen LogP contribution is -2.21. The number of hydrogen-bond acceptors (Lipinski definition) is 3. The van der Waals surface area contributed by atoms with Crippen LogP contribution in [0.15, 0.2) is 24.3 Å². The Bertz CT molecular complexity index is 341. The SMILES string of the molecule is CC[C@H](C)c1ccccc1OCCCNCCOC. The Labute approximate surface area is 117 Å². The zero-order valence-corrected chi connectivity index (χ0v) is 12.4. The second-order valence-electron chi connectivity index (χ2n) is 4.79. The van der Waals surface area contributed by atoms with Gasteiger partial charge in [0.25, 0.3) is 0 Å². The van der Waals surface area contributed by atoms with E-state index in [9.17, 15) is 0 Å². The van der Waals surface area contributed by atoms with E-state index in [0.29, 0.717) is 5.92 Å². The van der Waals surface area contributed by atoms with E-state index in [1.54, 1.807) is 7.11 Å². The first-order valence-electron chi connectivity index (χ1n) is 7.21. The summed E-state index contributed by atoms with van der Waals surface area (Å²) in [6.07, 6.45) is 2.15. The Morgan fingerprint density at radius 2 is 1.95 bits per heavy atom. The fraction of sp³-hybridized carbons (Fsp3) is 0.625. The monoisotopic (exact) mass is 265 g/mol. The van der Waals surface area contributed by atoms with Gasteiger partial charge < -0.3 is 14.8 Å². The van der Waals surface area contributed by atoms with Crippen LogP contribution >= 0.6 is 0 Å². The fourth-order valence-corrected chi connectivity index (χ4v) is 1.92. The second kappa shape index (κ2) is 9.82. The van der Waals surface area contributed by atoms with Gasteiger partial charge in [-0.2, -0.15) is 0 Å². The molecule has 0 saturated carbocycles. The van der Waals surface area contributed by atoms with Crippen molar-refractivity contribution in [3.63, 3.8) is 0 Å². The van der Waals surface area contributed by atoms with Crippen molar-refractivity contribution >= 4 is 0 Å². The van der Waals surface area contributed by atoms with Gasteiger partial charge in [0, 0.05) is 13.7 Å². The molecule has 0 radical (unpaired) electrons. The van der Waals surface area contributed by atoms with Crippen LogP contribution in [0.3, 0.4) is 0 Å². The van der Waals surface area contributed by atoms with Crippen molar-refractivity contribution < 1.29 is 9.47 Å². The molecule has 0 aromatic heterocycles. The van der Waals surface area contributed by atoms with Gasteiger partial charge in [0.1, 0.15) is 5.75 Å². The van der Waals surface area contributed by atoms with E-state index in [4.69, 9.17) is 9.47 Å². The highest BCUT2D eigenvalue weighted by atomic mass is 16.5. The van der Waals surface area contributed by atoms with Crippen molar-refractivity contribution in [2.45, 2.75) is 32.6 Å². The highest BCUT2D eigenvalue weighted by Crippen LogP contribution is 2.28. The lowest BCUT2D eigenvalue weighted by molar-refractivity contribution is 0.198. The molecule has 0 amide bonds. The van der Waals surface area contributed by atoms with Crippen LogP contribution in [0.2, 0.25) is 0 Å². The van der Waals surface area contributed by atoms with Gasteiger partial charge in [-0.15, -0.1) is 0 Å². The van der Waals surface area contributed by atoms with Crippen LogP contribution in [0.4, 0.5) is 0 Å². The predicted molar refractivity (Wildman–Crippen MR) is 80.0 cm³/mol. The third-order valence-corrected chi connectivity index (χ3v) is 3.30. The molecule has 1 aromatic carbocycles. The Morgan fingerprint density at radius 3 is 2.68 bits per heavy atom. The van der Waals surface area contributed by atoms with Crippen molar-refractivity contribution in [2.75, 3.05) is 33.4 Å². The first-order valence-corrected chi connectivity index (χ1v) is 7.21.